The summed E-state index contributed by atoms with van der Waals surface area (Å²) >= 11 is 0. The fourth-order valence-corrected chi connectivity index (χ4v) is 5.50. The van der Waals surface area contributed by atoms with Crippen LogP contribution in [-0.2, 0) is 13.5 Å². The molecule has 0 amide bonds. The van der Waals surface area contributed by atoms with Crippen LogP contribution in [0.4, 0.5) is 0 Å². The molecule has 0 saturated carbocycles. The molecule has 0 aliphatic carbocycles. The summed E-state index contributed by atoms with van der Waals surface area (Å²) in [4.78, 5) is 5.05. The highest BCUT2D eigenvalue weighted by Gasteiger charge is 2.18. The largest absolute Gasteiger partial charge is 0.313 e. The molecule has 4 aromatic carbocycles. The lowest BCUT2D eigenvalue weighted by molar-refractivity contribution is 0.869. The minimum atomic E-state index is 0.880. The van der Waals surface area contributed by atoms with E-state index in [0.29, 0.717) is 0 Å². The van der Waals surface area contributed by atoms with Crippen molar-refractivity contribution in [2.75, 3.05) is 0 Å². The van der Waals surface area contributed by atoms with Gasteiger partial charge in [0, 0.05) is 17.8 Å². The summed E-state index contributed by atoms with van der Waals surface area (Å²) in [5.41, 5.74) is 12.1. The average molecular weight is 456 g/mol. The summed E-state index contributed by atoms with van der Waals surface area (Å²) in [6.45, 7) is 10.6. The Hall–Kier alpha value is -4.11. The smallest absolute Gasteiger partial charge is 0.215 e. The molecule has 3 heteroatoms. The van der Waals surface area contributed by atoms with E-state index in [-0.39, 0.29) is 0 Å². The van der Waals surface area contributed by atoms with Gasteiger partial charge in [0.2, 0.25) is 5.95 Å². The number of hydrogen-bond acceptors (Lipinski definition) is 1. The van der Waals surface area contributed by atoms with Gasteiger partial charge in [0.15, 0.2) is 0 Å². The van der Waals surface area contributed by atoms with Crippen LogP contribution in [-0.4, -0.2) is 14.1 Å². The van der Waals surface area contributed by atoms with Gasteiger partial charge >= 0.3 is 0 Å². The Morgan fingerprint density at radius 2 is 1.49 bits per heavy atom. The van der Waals surface area contributed by atoms with E-state index >= 15 is 0 Å². The van der Waals surface area contributed by atoms with Gasteiger partial charge in [-0.3, -0.25) is 4.57 Å². The standard InChI is InChI=1S/C32H29N3/c1-20(2)17-23-13-15-28-25(18-23)26-19-24(31-21(3)9-8-10-22(31)4)14-16-29(26)35(28)32-33-27-11-6-7-12-30(27)34(32)5/h6-16,18-19H,1,17H2,2-5H3. The van der Waals surface area contributed by atoms with E-state index in [2.05, 4.69) is 116 Å². The Labute approximate surface area is 206 Å². The summed E-state index contributed by atoms with van der Waals surface area (Å²) in [7, 11) is 2.10. The van der Waals surface area contributed by atoms with Gasteiger partial charge in [-0.05, 0) is 91.4 Å². The minimum Gasteiger partial charge on any atom is -0.313 e. The van der Waals surface area contributed by atoms with Crippen molar-refractivity contribution in [1.29, 1.82) is 0 Å². The molecule has 0 spiro atoms. The lowest BCUT2D eigenvalue weighted by Gasteiger charge is -2.11. The maximum absolute atomic E-state index is 5.05. The maximum Gasteiger partial charge on any atom is 0.215 e. The molecule has 0 aliphatic rings. The molecule has 0 saturated heterocycles. The van der Waals surface area contributed by atoms with Gasteiger partial charge in [0.25, 0.3) is 0 Å². The van der Waals surface area contributed by atoms with Crippen LogP contribution in [0.3, 0.4) is 0 Å². The van der Waals surface area contributed by atoms with Crippen molar-refractivity contribution in [3.63, 3.8) is 0 Å². The Balaban J connectivity index is 1.70. The first kappa shape index (κ1) is 21.4. The van der Waals surface area contributed by atoms with Crippen molar-refractivity contribution in [3.05, 3.63) is 108 Å². The van der Waals surface area contributed by atoms with Gasteiger partial charge in [-0.15, -0.1) is 0 Å². The van der Waals surface area contributed by atoms with Crippen molar-refractivity contribution >= 4 is 32.8 Å². The fourth-order valence-electron chi connectivity index (χ4n) is 5.50. The molecule has 2 heterocycles. The molecular formula is C32H29N3. The van der Waals surface area contributed by atoms with Crippen molar-refractivity contribution in [2.45, 2.75) is 27.2 Å². The van der Waals surface area contributed by atoms with Crippen molar-refractivity contribution < 1.29 is 0 Å². The fraction of sp³-hybridized carbons (Fsp3) is 0.156. The molecule has 6 rings (SSSR count). The number of benzene rings is 4. The zero-order valence-corrected chi connectivity index (χ0v) is 20.8. The third-order valence-electron chi connectivity index (χ3n) is 7.07. The van der Waals surface area contributed by atoms with Crippen LogP contribution in [0.2, 0.25) is 0 Å². The zero-order valence-electron chi connectivity index (χ0n) is 20.8. The monoisotopic (exact) mass is 455 g/mol. The van der Waals surface area contributed by atoms with Gasteiger partial charge in [-0.1, -0.05) is 54.6 Å². The Kier molecular flexibility index (Phi) is 4.89. The summed E-state index contributed by atoms with van der Waals surface area (Å²) < 4.78 is 4.50. The predicted octanol–water partition coefficient (Wildman–Crippen LogP) is 8.07. The number of rotatable bonds is 4. The minimum absolute atomic E-state index is 0.880. The molecule has 0 aliphatic heterocycles. The van der Waals surface area contributed by atoms with E-state index in [9.17, 15) is 0 Å². The SMILES string of the molecule is C=C(C)Cc1ccc2c(c1)c1cc(-c3c(C)cccc3C)ccc1n2-c1nc2ccccc2n1C. The highest BCUT2D eigenvalue weighted by molar-refractivity contribution is 6.10. The van der Waals surface area contributed by atoms with E-state index in [0.717, 1.165) is 23.4 Å². The molecular weight excluding hydrogens is 426 g/mol. The second-order valence-electron chi connectivity index (χ2n) is 9.78. The first-order valence-corrected chi connectivity index (χ1v) is 12.1. The van der Waals surface area contributed by atoms with Crippen LogP contribution in [0.25, 0.3) is 49.9 Å². The first-order valence-electron chi connectivity index (χ1n) is 12.1. The van der Waals surface area contributed by atoms with E-state index < -0.39 is 0 Å². The number of para-hydroxylation sites is 2. The Morgan fingerprint density at radius 3 is 2.20 bits per heavy atom. The number of fused-ring (bicyclic) bond motifs is 4. The highest BCUT2D eigenvalue weighted by Crippen LogP contribution is 2.37. The third-order valence-corrected chi connectivity index (χ3v) is 7.07. The summed E-state index contributed by atoms with van der Waals surface area (Å²) in [5.74, 6) is 0.929. The summed E-state index contributed by atoms with van der Waals surface area (Å²) in [5, 5.41) is 2.50. The number of imidazole rings is 1. The topological polar surface area (TPSA) is 22.8 Å². The molecule has 0 atom stereocenters. The molecule has 3 nitrogen and oxygen atoms in total. The summed E-state index contributed by atoms with van der Waals surface area (Å²) in [6.07, 6.45) is 0.880. The predicted molar refractivity (Wildman–Crippen MR) is 148 cm³/mol. The molecule has 35 heavy (non-hydrogen) atoms. The number of hydrogen-bond donors (Lipinski definition) is 0. The van der Waals surface area contributed by atoms with Crippen LogP contribution in [0.5, 0.6) is 0 Å². The summed E-state index contributed by atoms with van der Waals surface area (Å²) in [6, 6.07) is 28.5. The molecule has 0 radical (unpaired) electrons. The Bertz CT molecular complexity index is 1760. The van der Waals surface area contributed by atoms with Crippen molar-refractivity contribution in [1.82, 2.24) is 14.1 Å². The number of nitrogens with zero attached hydrogens (tertiary/aromatic N) is 3. The third kappa shape index (κ3) is 3.38. The molecule has 0 bridgehead atoms. The average Bonchev–Trinajstić information content (AvgIpc) is 3.32. The van der Waals surface area contributed by atoms with E-state index in [4.69, 9.17) is 4.98 Å². The van der Waals surface area contributed by atoms with Gasteiger partial charge in [0.05, 0.1) is 22.1 Å². The molecule has 6 aromatic rings. The van der Waals surface area contributed by atoms with Crippen LogP contribution in [0, 0.1) is 13.8 Å². The lowest BCUT2D eigenvalue weighted by Crippen LogP contribution is -2.03. The van der Waals surface area contributed by atoms with E-state index in [1.165, 1.54) is 55.2 Å². The normalized spacial score (nSPS) is 11.7. The van der Waals surface area contributed by atoms with E-state index in [1.807, 2.05) is 6.07 Å². The highest BCUT2D eigenvalue weighted by atomic mass is 15.2. The van der Waals surface area contributed by atoms with Crippen LogP contribution in [0.15, 0.2) is 91.0 Å². The number of aryl methyl sites for hydroxylation is 3. The Morgan fingerprint density at radius 1 is 0.800 bits per heavy atom. The van der Waals surface area contributed by atoms with E-state index in [1.54, 1.807) is 0 Å². The molecule has 0 N–H and O–H groups in total. The van der Waals surface area contributed by atoms with Gasteiger partial charge in [0.1, 0.15) is 0 Å². The zero-order chi connectivity index (χ0) is 24.3. The molecule has 2 aromatic heterocycles. The van der Waals surface area contributed by atoms with Crippen molar-refractivity contribution in [2.24, 2.45) is 7.05 Å². The second-order valence-corrected chi connectivity index (χ2v) is 9.78. The van der Waals surface area contributed by atoms with Gasteiger partial charge < -0.3 is 4.57 Å². The van der Waals surface area contributed by atoms with Crippen molar-refractivity contribution in [3.8, 4) is 17.1 Å². The molecule has 0 unspecified atom stereocenters. The number of allylic oxidation sites excluding steroid dienone is 1. The first-order chi connectivity index (χ1) is 16.9. The quantitative estimate of drug-likeness (QED) is 0.246. The van der Waals surface area contributed by atoms with Crippen LogP contribution >= 0.6 is 0 Å². The second kappa shape index (κ2) is 7.99. The van der Waals surface area contributed by atoms with Crippen LogP contribution < -0.4 is 0 Å². The maximum atomic E-state index is 5.05. The lowest BCUT2D eigenvalue weighted by atomic mass is 9.94. The molecule has 0 fully saturated rings. The number of aromatic nitrogens is 3. The van der Waals surface area contributed by atoms with Gasteiger partial charge in [-0.2, -0.15) is 0 Å². The molecule has 172 valence electrons. The van der Waals surface area contributed by atoms with Gasteiger partial charge in [-0.25, -0.2) is 4.98 Å². The van der Waals surface area contributed by atoms with Crippen LogP contribution in [0.1, 0.15) is 23.6 Å².